The minimum Gasteiger partial charge on any atom is -0.490 e. The van der Waals surface area contributed by atoms with Gasteiger partial charge in [-0.25, -0.2) is 4.39 Å². The van der Waals surface area contributed by atoms with Crippen LogP contribution in [0.2, 0.25) is 10.0 Å². The van der Waals surface area contributed by atoms with E-state index in [9.17, 15) is 9.18 Å². The molecule has 0 bridgehead atoms. The van der Waals surface area contributed by atoms with Crippen molar-refractivity contribution in [3.63, 3.8) is 0 Å². The average Bonchev–Trinajstić information content (AvgIpc) is 2.49. The van der Waals surface area contributed by atoms with Crippen LogP contribution in [0.5, 0.6) is 5.75 Å². The first-order chi connectivity index (χ1) is 10.1. The third kappa shape index (κ3) is 2.57. The molecular formula is C15H10Cl2FNO2. The Bertz CT molecular complexity index is 721. The van der Waals surface area contributed by atoms with E-state index in [-0.39, 0.29) is 21.5 Å². The van der Waals surface area contributed by atoms with E-state index in [2.05, 4.69) is 0 Å². The van der Waals surface area contributed by atoms with Crippen molar-refractivity contribution in [1.29, 1.82) is 0 Å². The molecule has 2 aromatic carbocycles. The van der Waals surface area contributed by atoms with E-state index in [1.807, 2.05) is 6.07 Å². The van der Waals surface area contributed by atoms with Gasteiger partial charge in [-0.3, -0.25) is 4.79 Å². The molecule has 0 saturated heterocycles. The average molecular weight is 326 g/mol. The number of carbonyl (C=O) groups is 1. The molecule has 0 saturated carbocycles. The molecule has 0 fully saturated rings. The normalized spacial score (nSPS) is 13.6. The van der Waals surface area contributed by atoms with Gasteiger partial charge in [0, 0.05) is 0 Å². The monoisotopic (exact) mass is 325 g/mol. The van der Waals surface area contributed by atoms with Crippen molar-refractivity contribution < 1.29 is 13.9 Å². The summed E-state index contributed by atoms with van der Waals surface area (Å²) in [6, 6.07) is 9.47. The minimum atomic E-state index is -0.675. The van der Waals surface area contributed by atoms with Gasteiger partial charge in [-0.05, 0) is 24.3 Å². The Kier molecular flexibility index (Phi) is 3.74. The fourth-order valence-corrected chi connectivity index (χ4v) is 2.68. The lowest BCUT2D eigenvalue weighted by atomic mass is 10.1. The largest absolute Gasteiger partial charge is 0.490 e. The fraction of sp³-hybridized carbons (Fsp3) is 0.133. The summed E-state index contributed by atoms with van der Waals surface area (Å²) in [5.74, 6) is -0.445. The van der Waals surface area contributed by atoms with E-state index >= 15 is 0 Å². The number of amides is 1. The molecule has 2 aromatic rings. The summed E-state index contributed by atoms with van der Waals surface area (Å²) >= 11 is 11.7. The first-order valence-corrected chi connectivity index (χ1v) is 7.02. The predicted octanol–water partition coefficient (Wildman–Crippen LogP) is 4.17. The number of para-hydroxylation sites is 2. The van der Waals surface area contributed by atoms with Crippen LogP contribution in [-0.4, -0.2) is 19.1 Å². The Morgan fingerprint density at radius 2 is 1.95 bits per heavy atom. The highest BCUT2D eigenvalue weighted by molar-refractivity contribution is 6.37. The van der Waals surface area contributed by atoms with Gasteiger partial charge in [-0.2, -0.15) is 0 Å². The molecular weight excluding hydrogens is 316 g/mol. The molecule has 0 atom stereocenters. The smallest absolute Gasteiger partial charge is 0.260 e. The first-order valence-electron chi connectivity index (χ1n) is 6.26. The van der Waals surface area contributed by atoms with Crippen molar-refractivity contribution in [3.05, 3.63) is 57.8 Å². The molecule has 0 unspecified atom stereocenters. The molecule has 1 amide bonds. The number of hydrogen-bond donors (Lipinski definition) is 0. The van der Waals surface area contributed by atoms with Gasteiger partial charge >= 0.3 is 0 Å². The van der Waals surface area contributed by atoms with E-state index in [0.717, 1.165) is 6.07 Å². The van der Waals surface area contributed by atoms with E-state index in [1.54, 1.807) is 18.2 Å². The second-order valence-corrected chi connectivity index (χ2v) is 5.33. The third-order valence-electron chi connectivity index (χ3n) is 3.21. The second kappa shape index (κ2) is 5.54. The number of nitrogens with zero attached hydrogens (tertiary/aromatic N) is 1. The summed E-state index contributed by atoms with van der Waals surface area (Å²) < 4.78 is 19.1. The highest BCUT2D eigenvalue weighted by Gasteiger charge is 2.26. The van der Waals surface area contributed by atoms with E-state index < -0.39 is 5.82 Å². The Hall–Kier alpha value is -1.78. The van der Waals surface area contributed by atoms with Crippen molar-refractivity contribution in [1.82, 2.24) is 0 Å². The molecule has 0 aromatic heterocycles. The molecule has 3 rings (SSSR count). The third-order valence-corrected chi connectivity index (χ3v) is 3.82. The van der Waals surface area contributed by atoms with E-state index in [0.29, 0.717) is 24.6 Å². The summed E-state index contributed by atoms with van der Waals surface area (Å²) in [6.45, 7) is 0.743. The Balaban J connectivity index is 2.03. The Morgan fingerprint density at radius 3 is 2.76 bits per heavy atom. The van der Waals surface area contributed by atoms with Crippen molar-refractivity contribution >= 4 is 34.8 Å². The molecule has 0 radical (unpaired) electrons. The zero-order chi connectivity index (χ0) is 15.0. The molecule has 1 heterocycles. The molecule has 108 valence electrons. The van der Waals surface area contributed by atoms with Gasteiger partial charge in [0.15, 0.2) is 0 Å². The predicted molar refractivity (Wildman–Crippen MR) is 80.0 cm³/mol. The van der Waals surface area contributed by atoms with Crippen LogP contribution in [0.4, 0.5) is 10.1 Å². The van der Waals surface area contributed by atoms with Gasteiger partial charge in [-0.1, -0.05) is 35.3 Å². The van der Waals surface area contributed by atoms with Crippen LogP contribution < -0.4 is 9.64 Å². The minimum absolute atomic E-state index is 0.0790. The lowest BCUT2D eigenvalue weighted by molar-refractivity contribution is 0.0976. The summed E-state index contributed by atoms with van der Waals surface area (Å²) in [7, 11) is 0. The van der Waals surface area contributed by atoms with Crippen molar-refractivity contribution in [2.45, 2.75) is 0 Å². The Labute approximate surface area is 130 Å². The fourth-order valence-electron chi connectivity index (χ4n) is 2.21. The van der Waals surface area contributed by atoms with E-state index in [4.69, 9.17) is 27.9 Å². The van der Waals surface area contributed by atoms with E-state index in [1.165, 1.54) is 11.0 Å². The molecule has 1 aliphatic heterocycles. The molecule has 3 nitrogen and oxygen atoms in total. The SMILES string of the molecule is O=C(c1cc(F)c(Cl)cc1Cl)N1CCOc2ccccc21. The van der Waals surface area contributed by atoms with Crippen LogP contribution in [0.1, 0.15) is 10.4 Å². The molecule has 21 heavy (non-hydrogen) atoms. The van der Waals surface area contributed by atoms with Crippen LogP contribution in [0.3, 0.4) is 0 Å². The van der Waals surface area contributed by atoms with Gasteiger partial charge in [0.1, 0.15) is 18.2 Å². The van der Waals surface area contributed by atoms with Crippen molar-refractivity contribution in [2.24, 2.45) is 0 Å². The molecule has 0 spiro atoms. The van der Waals surface area contributed by atoms with Gasteiger partial charge in [0.2, 0.25) is 0 Å². The van der Waals surface area contributed by atoms with Gasteiger partial charge < -0.3 is 9.64 Å². The van der Waals surface area contributed by atoms with Gasteiger partial charge in [0.25, 0.3) is 5.91 Å². The Morgan fingerprint density at radius 1 is 1.19 bits per heavy atom. The van der Waals surface area contributed by atoms with Crippen molar-refractivity contribution in [2.75, 3.05) is 18.1 Å². The summed E-state index contributed by atoms with van der Waals surface area (Å²) in [6.07, 6.45) is 0. The zero-order valence-corrected chi connectivity index (χ0v) is 12.3. The molecule has 0 aliphatic carbocycles. The number of anilines is 1. The van der Waals surface area contributed by atoms with Crippen LogP contribution in [-0.2, 0) is 0 Å². The lowest BCUT2D eigenvalue weighted by Gasteiger charge is -2.29. The number of hydrogen-bond acceptors (Lipinski definition) is 2. The standard InChI is InChI=1S/C15H10Cl2FNO2/c16-10-8-11(17)12(18)7-9(10)15(20)19-5-6-21-14-4-2-1-3-13(14)19/h1-4,7-8H,5-6H2. The highest BCUT2D eigenvalue weighted by Crippen LogP contribution is 2.33. The van der Waals surface area contributed by atoms with Crippen LogP contribution >= 0.6 is 23.2 Å². The van der Waals surface area contributed by atoms with Gasteiger partial charge in [-0.15, -0.1) is 0 Å². The molecule has 1 aliphatic rings. The maximum atomic E-state index is 13.6. The van der Waals surface area contributed by atoms with Crippen LogP contribution in [0.15, 0.2) is 36.4 Å². The summed E-state index contributed by atoms with van der Waals surface area (Å²) in [5.41, 5.74) is 0.718. The number of fused-ring (bicyclic) bond motifs is 1. The topological polar surface area (TPSA) is 29.5 Å². The molecule has 0 N–H and O–H groups in total. The van der Waals surface area contributed by atoms with Crippen LogP contribution in [0, 0.1) is 5.82 Å². The maximum Gasteiger partial charge on any atom is 0.260 e. The lowest BCUT2D eigenvalue weighted by Crippen LogP contribution is -2.38. The summed E-state index contributed by atoms with van der Waals surface area (Å²) in [5, 5.41) is 0.00861. The number of ether oxygens (including phenoxy) is 1. The summed E-state index contributed by atoms with van der Waals surface area (Å²) in [4.78, 5) is 14.1. The number of carbonyl (C=O) groups excluding carboxylic acids is 1. The maximum absolute atomic E-state index is 13.6. The second-order valence-electron chi connectivity index (χ2n) is 4.52. The van der Waals surface area contributed by atoms with Crippen LogP contribution in [0.25, 0.3) is 0 Å². The molecule has 6 heteroatoms. The van der Waals surface area contributed by atoms with Crippen molar-refractivity contribution in [3.8, 4) is 5.75 Å². The van der Waals surface area contributed by atoms with Gasteiger partial charge in [0.05, 0.1) is 27.8 Å². The highest BCUT2D eigenvalue weighted by atomic mass is 35.5. The zero-order valence-electron chi connectivity index (χ0n) is 10.8. The number of halogens is 3. The quantitative estimate of drug-likeness (QED) is 0.736. The number of benzene rings is 2. The number of rotatable bonds is 1. The first kappa shape index (κ1) is 14.2.